The summed E-state index contributed by atoms with van der Waals surface area (Å²) in [6, 6.07) is 15.7. The maximum atomic E-state index is 12.1. The SMILES string of the molecule is C/C(=N/NS(=O)(=O)c1ccccc1)c1ccc(-n2ccnc2)cc1. The number of imidazole rings is 1. The molecule has 1 heterocycles. The van der Waals surface area contributed by atoms with Gasteiger partial charge in [0.15, 0.2) is 0 Å². The van der Waals surface area contributed by atoms with E-state index in [-0.39, 0.29) is 4.90 Å². The van der Waals surface area contributed by atoms with Gasteiger partial charge in [-0.1, -0.05) is 30.3 Å². The normalized spacial score (nSPS) is 12.1. The third kappa shape index (κ3) is 3.52. The zero-order valence-electron chi connectivity index (χ0n) is 13.0. The van der Waals surface area contributed by atoms with E-state index in [1.807, 2.05) is 35.0 Å². The van der Waals surface area contributed by atoms with Gasteiger partial charge in [-0.2, -0.15) is 18.4 Å². The van der Waals surface area contributed by atoms with Crippen molar-refractivity contribution in [2.75, 3.05) is 0 Å². The van der Waals surface area contributed by atoms with Crippen LogP contribution >= 0.6 is 0 Å². The second-order valence-electron chi connectivity index (χ2n) is 5.12. The van der Waals surface area contributed by atoms with Crippen molar-refractivity contribution in [3.05, 3.63) is 78.9 Å². The van der Waals surface area contributed by atoms with Gasteiger partial charge in [0.1, 0.15) is 0 Å². The molecule has 122 valence electrons. The Balaban J connectivity index is 1.76. The molecule has 1 N–H and O–H groups in total. The average Bonchev–Trinajstić information content (AvgIpc) is 3.15. The van der Waals surface area contributed by atoms with Crippen molar-refractivity contribution in [3.63, 3.8) is 0 Å². The lowest BCUT2D eigenvalue weighted by Gasteiger charge is -2.06. The van der Waals surface area contributed by atoms with Gasteiger partial charge < -0.3 is 4.57 Å². The smallest absolute Gasteiger partial charge is 0.276 e. The van der Waals surface area contributed by atoms with Crippen LogP contribution in [0.1, 0.15) is 12.5 Å². The molecule has 0 saturated carbocycles. The molecular formula is C17H16N4O2S. The zero-order chi connectivity index (χ0) is 17.0. The number of nitrogens with zero attached hydrogens (tertiary/aromatic N) is 3. The van der Waals surface area contributed by atoms with E-state index in [1.165, 1.54) is 12.1 Å². The van der Waals surface area contributed by atoms with E-state index < -0.39 is 10.0 Å². The van der Waals surface area contributed by atoms with Crippen molar-refractivity contribution in [1.29, 1.82) is 0 Å². The number of nitrogens with one attached hydrogen (secondary N) is 1. The first kappa shape index (κ1) is 15.9. The highest BCUT2D eigenvalue weighted by atomic mass is 32.2. The van der Waals surface area contributed by atoms with E-state index in [9.17, 15) is 8.42 Å². The van der Waals surface area contributed by atoms with Gasteiger partial charge in [0.05, 0.1) is 16.9 Å². The van der Waals surface area contributed by atoms with Crippen molar-refractivity contribution >= 4 is 15.7 Å². The summed E-state index contributed by atoms with van der Waals surface area (Å²) in [5.41, 5.74) is 2.37. The van der Waals surface area contributed by atoms with Crippen molar-refractivity contribution < 1.29 is 8.42 Å². The fraction of sp³-hybridized carbons (Fsp3) is 0.0588. The molecule has 0 aliphatic rings. The predicted molar refractivity (Wildman–Crippen MR) is 92.5 cm³/mol. The molecule has 2 aromatic carbocycles. The molecule has 6 nitrogen and oxygen atoms in total. The summed E-state index contributed by atoms with van der Waals surface area (Å²) in [5.74, 6) is 0. The van der Waals surface area contributed by atoms with E-state index >= 15 is 0 Å². The lowest BCUT2D eigenvalue weighted by Crippen LogP contribution is -2.19. The molecule has 0 bridgehead atoms. The maximum Gasteiger partial charge on any atom is 0.276 e. The molecule has 0 aliphatic carbocycles. The molecule has 0 atom stereocenters. The molecule has 0 fully saturated rings. The quantitative estimate of drug-likeness (QED) is 0.573. The topological polar surface area (TPSA) is 76.3 Å². The van der Waals surface area contributed by atoms with E-state index in [0.717, 1.165) is 11.3 Å². The van der Waals surface area contributed by atoms with Crippen LogP contribution in [0.2, 0.25) is 0 Å². The van der Waals surface area contributed by atoms with E-state index in [4.69, 9.17) is 0 Å². The largest absolute Gasteiger partial charge is 0.306 e. The van der Waals surface area contributed by atoms with Crippen LogP contribution in [-0.2, 0) is 10.0 Å². The summed E-state index contributed by atoms with van der Waals surface area (Å²) in [5, 5.41) is 3.99. The molecule has 7 heteroatoms. The third-order valence-corrected chi connectivity index (χ3v) is 4.70. The van der Waals surface area contributed by atoms with Gasteiger partial charge in [0, 0.05) is 18.1 Å². The summed E-state index contributed by atoms with van der Waals surface area (Å²) in [6.45, 7) is 1.75. The summed E-state index contributed by atoms with van der Waals surface area (Å²) >= 11 is 0. The number of aromatic nitrogens is 2. The van der Waals surface area contributed by atoms with Crippen LogP contribution in [0.3, 0.4) is 0 Å². The molecule has 24 heavy (non-hydrogen) atoms. The number of hydrazone groups is 1. The Morgan fingerprint density at radius 2 is 1.79 bits per heavy atom. The average molecular weight is 340 g/mol. The van der Waals surface area contributed by atoms with Crippen molar-refractivity contribution in [1.82, 2.24) is 14.4 Å². The fourth-order valence-electron chi connectivity index (χ4n) is 2.13. The number of sulfonamides is 1. The van der Waals surface area contributed by atoms with Crippen LogP contribution in [-0.4, -0.2) is 23.7 Å². The van der Waals surface area contributed by atoms with E-state index in [0.29, 0.717) is 5.71 Å². The number of rotatable bonds is 5. The summed E-state index contributed by atoms with van der Waals surface area (Å²) in [6.07, 6.45) is 5.27. The monoisotopic (exact) mass is 340 g/mol. The first-order valence-corrected chi connectivity index (χ1v) is 8.74. The Hall–Kier alpha value is -2.93. The Morgan fingerprint density at radius 1 is 1.08 bits per heavy atom. The summed E-state index contributed by atoms with van der Waals surface area (Å²) in [7, 11) is -3.66. The van der Waals surface area contributed by atoms with Gasteiger partial charge in [0.2, 0.25) is 0 Å². The highest BCUT2D eigenvalue weighted by molar-refractivity contribution is 7.89. The maximum absolute atomic E-state index is 12.1. The lowest BCUT2D eigenvalue weighted by atomic mass is 10.1. The zero-order valence-corrected chi connectivity index (χ0v) is 13.8. The van der Waals surface area contributed by atoms with Gasteiger partial charge in [-0.15, -0.1) is 0 Å². The van der Waals surface area contributed by atoms with Crippen molar-refractivity contribution in [2.24, 2.45) is 5.10 Å². The minimum absolute atomic E-state index is 0.178. The predicted octanol–water partition coefficient (Wildman–Crippen LogP) is 2.57. The van der Waals surface area contributed by atoms with E-state index in [2.05, 4.69) is 14.9 Å². The molecule has 3 aromatic rings. The van der Waals surface area contributed by atoms with Gasteiger partial charge in [-0.3, -0.25) is 0 Å². The third-order valence-electron chi connectivity index (χ3n) is 3.47. The van der Waals surface area contributed by atoms with Gasteiger partial charge >= 0.3 is 0 Å². The minimum atomic E-state index is -3.66. The number of benzene rings is 2. The first-order valence-electron chi connectivity index (χ1n) is 7.26. The molecule has 0 amide bonds. The van der Waals surface area contributed by atoms with Crippen LogP contribution in [0.25, 0.3) is 5.69 Å². The summed E-state index contributed by atoms with van der Waals surface area (Å²) in [4.78, 5) is 6.44. The summed E-state index contributed by atoms with van der Waals surface area (Å²) < 4.78 is 26.2. The molecular weight excluding hydrogens is 324 g/mol. The van der Waals surface area contributed by atoms with Gasteiger partial charge in [-0.05, 0) is 36.8 Å². The first-order chi connectivity index (χ1) is 11.6. The molecule has 0 unspecified atom stereocenters. The minimum Gasteiger partial charge on any atom is -0.306 e. The van der Waals surface area contributed by atoms with Crippen LogP contribution < -0.4 is 4.83 Å². The molecule has 0 saturated heterocycles. The Bertz CT molecular complexity index is 932. The van der Waals surface area contributed by atoms with Crippen LogP contribution in [0, 0.1) is 0 Å². The van der Waals surface area contributed by atoms with Crippen molar-refractivity contribution in [3.8, 4) is 5.69 Å². The molecule has 0 spiro atoms. The fourth-order valence-corrected chi connectivity index (χ4v) is 3.01. The van der Waals surface area contributed by atoms with Crippen LogP contribution in [0.15, 0.2) is 83.3 Å². The number of hydrogen-bond acceptors (Lipinski definition) is 4. The molecule has 0 radical (unpaired) electrons. The van der Waals surface area contributed by atoms with E-state index in [1.54, 1.807) is 37.6 Å². The lowest BCUT2D eigenvalue weighted by molar-refractivity contribution is 0.584. The molecule has 1 aromatic heterocycles. The molecule has 0 aliphatic heterocycles. The Morgan fingerprint density at radius 3 is 2.42 bits per heavy atom. The van der Waals surface area contributed by atoms with Gasteiger partial charge in [0.25, 0.3) is 10.0 Å². The Labute approximate surface area is 140 Å². The van der Waals surface area contributed by atoms with Crippen LogP contribution in [0.5, 0.6) is 0 Å². The highest BCUT2D eigenvalue weighted by Crippen LogP contribution is 2.11. The highest BCUT2D eigenvalue weighted by Gasteiger charge is 2.12. The number of hydrogen-bond donors (Lipinski definition) is 1. The molecule has 3 rings (SSSR count). The van der Waals surface area contributed by atoms with Crippen molar-refractivity contribution in [2.45, 2.75) is 11.8 Å². The van der Waals surface area contributed by atoms with Crippen LogP contribution in [0.4, 0.5) is 0 Å². The van der Waals surface area contributed by atoms with Gasteiger partial charge in [-0.25, -0.2) is 4.98 Å². The Kier molecular flexibility index (Phi) is 4.43. The standard InChI is InChI=1S/C17H16N4O2S/c1-14(19-20-24(22,23)17-5-3-2-4-6-17)15-7-9-16(10-8-15)21-12-11-18-13-21/h2-13,20H,1H3/b19-14-. The second-order valence-corrected chi connectivity index (χ2v) is 6.78. The second kappa shape index (κ2) is 6.67.